The van der Waals surface area contributed by atoms with Gasteiger partial charge in [-0.25, -0.2) is 9.18 Å². The lowest BCUT2D eigenvalue weighted by Gasteiger charge is -2.22. The molecular weight excluding hydrogens is 435 g/mol. The standard InChI is InChI=1S/C26H27FN4O3/c1-2-34-22-12-9-20(10-13-22)29-26(33)30-23-17-21(11-14-24(23)31-15-3-4-16-31)28-25(32)18-5-7-19(27)8-6-18/h5-14,17H,2-4,15-16H2,1H3,(H,28,32)(H2,29,30,33). The van der Waals surface area contributed by atoms with Gasteiger partial charge in [0.1, 0.15) is 11.6 Å². The third-order valence-corrected chi connectivity index (χ3v) is 5.48. The number of amides is 3. The van der Waals surface area contributed by atoms with E-state index >= 15 is 0 Å². The minimum Gasteiger partial charge on any atom is -0.494 e. The molecule has 8 heteroatoms. The van der Waals surface area contributed by atoms with E-state index in [0.717, 1.165) is 37.4 Å². The van der Waals surface area contributed by atoms with E-state index in [1.807, 2.05) is 13.0 Å². The second kappa shape index (κ2) is 10.7. The van der Waals surface area contributed by atoms with Gasteiger partial charge in [0.15, 0.2) is 0 Å². The van der Waals surface area contributed by atoms with E-state index in [0.29, 0.717) is 29.2 Å². The number of nitrogens with zero attached hydrogens (tertiary/aromatic N) is 1. The highest BCUT2D eigenvalue weighted by molar-refractivity contribution is 6.06. The molecule has 7 nitrogen and oxygen atoms in total. The Labute approximate surface area is 197 Å². The van der Waals surface area contributed by atoms with Crippen molar-refractivity contribution in [2.75, 3.05) is 40.5 Å². The molecule has 3 amide bonds. The van der Waals surface area contributed by atoms with E-state index in [1.165, 1.54) is 24.3 Å². The van der Waals surface area contributed by atoms with Crippen molar-refractivity contribution in [3.05, 3.63) is 78.1 Å². The number of benzene rings is 3. The van der Waals surface area contributed by atoms with Crippen molar-refractivity contribution in [3.8, 4) is 5.75 Å². The molecule has 1 aliphatic rings. The molecule has 1 fully saturated rings. The average Bonchev–Trinajstić information content (AvgIpc) is 3.36. The molecule has 0 saturated carbocycles. The molecule has 0 aromatic heterocycles. The van der Waals surface area contributed by atoms with Gasteiger partial charge in [-0.05, 0) is 86.5 Å². The first-order valence-electron chi connectivity index (χ1n) is 11.3. The number of hydrogen-bond acceptors (Lipinski definition) is 4. The summed E-state index contributed by atoms with van der Waals surface area (Å²) in [6.45, 7) is 4.28. The molecule has 1 saturated heterocycles. The summed E-state index contributed by atoms with van der Waals surface area (Å²) in [4.78, 5) is 27.5. The van der Waals surface area contributed by atoms with Crippen LogP contribution in [0.15, 0.2) is 66.7 Å². The van der Waals surface area contributed by atoms with Crippen molar-refractivity contribution in [1.29, 1.82) is 0 Å². The van der Waals surface area contributed by atoms with Gasteiger partial charge in [-0.2, -0.15) is 0 Å². The van der Waals surface area contributed by atoms with Crippen LogP contribution in [0.25, 0.3) is 0 Å². The average molecular weight is 463 g/mol. The number of ether oxygens (including phenoxy) is 1. The van der Waals surface area contributed by atoms with Gasteiger partial charge in [-0.3, -0.25) is 4.79 Å². The Kier molecular flexibility index (Phi) is 7.27. The summed E-state index contributed by atoms with van der Waals surface area (Å²) in [5.74, 6) is -0.0374. The molecule has 3 N–H and O–H groups in total. The van der Waals surface area contributed by atoms with Crippen LogP contribution in [0.3, 0.4) is 0 Å². The first kappa shape index (κ1) is 23.1. The number of carbonyl (C=O) groups excluding carboxylic acids is 2. The van der Waals surface area contributed by atoms with Crippen LogP contribution in [0.2, 0.25) is 0 Å². The number of rotatable bonds is 7. The summed E-state index contributed by atoms with van der Waals surface area (Å²) in [5, 5.41) is 8.55. The topological polar surface area (TPSA) is 82.7 Å². The minimum atomic E-state index is -0.406. The molecule has 1 heterocycles. The fraction of sp³-hybridized carbons (Fsp3) is 0.231. The molecule has 3 aromatic rings. The van der Waals surface area contributed by atoms with E-state index in [4.69, 9.17) is 4.74 Å². The van der Waals surface area contributed by atoms with Crippen molar-refractivity contribution >= 4 is 34.7 Å². The largest absolute Gasteiger partial charge is 0.494 e. The quantitative estimate of drug-likeness (QED) is 0.419. The monoisotopic (exact) mass is 462 g/mol. The summed E-state index contributed by atoms with van der Waals surface area (Å²) in [5.41, 5.74) is 2.97. The number of urea groups is 1. The third kappa shape index (κ3) is 5.83. The molecule has 1 aliphatic heterocycles. The van der Waals surface area contributed by atoms with Crippen LogP contribution in [-0.4, -0.2) is 31.6 Å². The van der Waals surface area contributed by atoms with Gasteiger partial charge in [-0.15, -0.1) is 0 Å². The SMILES string of the molecule is CCOc1ccc(NC(=O)Nc2cc(NC(=O)c3ccc(F)cc3)ccc2N2CCCC2)cc1. The van der Waals surface area contributed by atoms with Crippen LogP contribution in [0, 0.1) is 5.82 Å². The highest BCUT2D eigenvalue weighted by Crippen LogP contribution is 2.32. The summed E-state index contributed by atoms with van der Waals surface area (Å²) in [6.07, 6.45) is 2.17. The first-order chi connectivity index (χ1) is 16.5. The predicted molar refractivity (Wildman–Crippen MR) is 132 cm³/mol. The predicted octanol–water partition coefficient (Wildman–Crippen LogP) is 5.72. The molecule has 3 aromatic carbocycles. The zero-order valence-electron chi connectivity index (χ0n) is 18.9. The molecule has 0 aliphatic carbocycles. The molecular formula is C26H27FN4O3. The highest BCUT2D eigenvalue weighted by atomic mass is 19.1. The van der Waals surface area contributed by atoms with Crippen LogP contribution in [0.1, 0.15) is 30.1 Å². The summed E-state index contributed by atoms with van der Waals surface area (Å²) in [6, 6.07) is 17.5. The molecule has 0 spiro atoms. The van der Waals surface area contributed by atoms with Crippen molar-refractivity contribution in [2.45, 2.75) is 19.8 Å². The summed E-state index contributed by atoms with van der Waals surface area (Å²) in [7, 11) is 0. The lowest BCUT2D eigenvalue weighted by molar-refractivity contribution is 0.102. The van der Waals surface area contributed by atoms with E-state index in [1.54, 1.807) is 36.4 Å². The van der Waals surface area contributed by atoms with Crippen LogP contribution >= 0.6 is 0 Å². The number of halogens is 1. The van der Waals surface area contributed by atoms with Crippen LogP contribution < -0.4 is 25.6 Å². The minimum absolute atomic E-state index is 0.341. The Balaban J connectivity index is 1.50. The summed E-state index contributed by atoms with van der Waals surface area (Å²) >= 11 is 0. The normalized spacial score (nSPS) is 12.8. The van der Waals surface area contributed by atoms with Crippen LogP contribution in [0.4, 0.5) is 31.9 Å². The molecule has 4 rings (SSSR count). The van der Waals surface area contributed by atoms with E-state index < -0.39 is 11.8 Å². The zero-order valence-corrected chi connectivity index (χ0v) is 18.9. The number of hydrogen-bond donors (Lipinski definition) is 3. The Morgan fingerprint density at radius 3 is 2.24 bits per heavy atom. The zero-order chi connectivity index (χ0) is 23.9. The highest BCUT2D eigenvalue weighted by Gasteiger charge is 2.18. The first-order valence-corrected chi connectivity index (χ1v) is 11.3. The van der Waals surface area contributed by atoms with Gasteiger partial charge in [0.05, 0.1) is 18.0 Å². The molecule has 176 valence electrons. The molecule has 0 radical (unpaired) electrons. The fourth-order valence-electron chi connectivity index (χ4n) is 3.84. The Morgan fingerprint density at radius 1 is 0.882 bits per heavy atom. The van der Waals surface area contributed by atoms with Crippen molar-refractivity contribution in [1.82, 2.24) is 0 Å². The Hall–Kier alpha value is -4.07. The molecule has 0 unspecified atom stereocenters. The Morgan fingerprint density at radius 2 is 1.56 bits per heavy atom. The second-order valence-corrected chi connectivity index (χ2v) is 7.92. The second-order valence-electron chi connectivity index (χ2n) is 7.92. The van der Waals surface area contributed by atoms with Gasteiger partial charge < -0.3 is 25.6 Å². The maximum absolute atomic E-state index is 13.2. The van der Waals surface area contributed by atoms with Crippen molar-refractivity contribution in [2.24, 2.45) is 0 Å². The van der Waals surface area contributed by atoms with Crippen molar-refractivity contribution in [3.63, 3.8) is 0 Å². The maximum atomic E-state index is 13.2. The van der Waals surface area contributed by atoms with Gasteiger partial charge in [0.2, 0.25) is 0 Å². The van der Waals surface area contributed by atoms with Crippen LogP contribution in [-0.2, 0) is 0 Å². The number of nitrogens with one attached hydrogen (secondary N) is 3. The number of anilines is 4. The molecule has 0 atom stereocenters. The van der Waals surface area contributed by atoms with E-state index in [9.17, 15) is 14.0 Å². The van der Waals surface area contributed by atoms with Gasteiger partial charge in [0.25, 0.3) is 5.91 Å². The van der Waals surface area contributed by atoms with E-state index in [2.05, 4.69) is 20.9 Å². The number of carbonyl (C=O) groups is 2. The molecule has 0 bridgehead atoms. The summed E-state index contributed by atoms with van der Waals surface area (Å²) < 4.78 is 18.6. The maximum Gasteiger partial charge on any atom is 0.323 e. The lowest BCUT2D eigenvalue weighted by Crippen LogP contribution is -2.24. The lowest BCUT2D eigenvalue weighted by atomic mass is 10.2. The van der Waals surface area contributed by atoms with Gasteiger partial charge in [0, 0.05) is 30.0 Å². The van der Waals surface area contributed by atoms with Crippen molar-refractivity contribution < 1.29 is 18.7 Å². The Bertz CT molecular complexity index is 1140. The smallest absolute Gasteiger partial charge is 0.323 e. The van der Waals surface area contributed by atoms with Gasteiger partial charge >= 0.3 is 6.03 Å². The fourth-order valence-corrected chi connectivity index (χ4v) is 3.84. The van der Waals surface area contributed by atoms with Crippen LogP contribution in [0.5, 0.6) is 5.75 Å². The third-order valence-electron chi connectivity index (χ3n) is 5.48. The molecule has 34 heavy (non-hydrogen) atoms. The van der Waals surface area contributed by atoms with E-state index in [-0.39, 0.29) is 5.91 Å². The van der Waals surface area contributed by atoms with Gasteiger partial charge in [-0.1, -0.05) is 0 Å².